The molecule has 1 N–H and O–H groups in total. The average molecular weight is 278 g/mol. The highest BCUT2D eigenvalue weighted by molar-refractivity contribution is 7.14. The maximum absolute atomic E-state index is 11.8. The second-order valence-electron chi connectivity index (χ2n) is 4.24. The fourth-order valence-electron chi connectivity index (χ4n) is 1.98. The number of carboxylic acid groups (broad SMARTS) is 1. The van der Waals surface area contributed by atoms with Gasteiger partial charge >= 0.3 is 5.97 Å². The van der Waals surface area contributed by atoms with Crippen molar-refractivity contribution in [1.82, 2.24) is 4.98 Å². The molecule has 1 fully saturated rings. The lowest BCUT2D eigenvalue weighted by Gasteiger charge is -2.11. The summed E-state index contributed by atoms with van der Waals surface area (Å²) in [6, 6.07) is 3.54. The van der Waals surface area contributed by atoms with E-state index in [4.69, 9.17) is 9.52 Å². The number of nitrogens with zero attached hydrogens (tertiary/aromatic N) is 2. The maximum Gasteiger partial charge on any atom is 0.308 e. The average Bonchev–Trinajstić information content (AvgIpc) is 3.07. The molecule has 1 amide bonds. The van der Waals surface area contributed by atoms with Gasteiger partial charge in [-0.2, -0.15) is 0 Å². The molecule has 7 heteroatoms. The molecule has 3 rings (SSSR count). The topological polar surface area (TPSA) is 83.6 Å². The standard InChI is InChI=1S/C12H10N2O4S/c15-10-4-7(11(16)17)5-14(10)12-13-8(6-19-12)9-2-1-3-18-9/h1-3,6-7H,4-5H2,(H,16,17). The summed E-state index contributed by atoms with van der Waals surface area (Å²) < 4.78 is 5.23. The summed E-state index contributed by atoms with van der Waals surface area (Å²) in [7, 11) is 0. The fourth-order valence-corrected chi connectivity index (χ4v) is 2.82. The van der Waals surface area contributed by atoms with Crippen molar-refractivity contribution in [2.75, 3.05) is 11.4 Å². The largest absolute Gasteiger partial charge is 0.481 e. The van der Waals surface area contributed by atoms with Crippen LogP contribution in [0.15, 0.2) is 28.2 Å². The number of rotatable bonds is 3. The smallest absolute Gasteiger partial charge is 0.308 e. The predicted octanol–water partition coefficient (Wildman–Crippen LogP) is 1.84. The second kappa shape index (κ2) is 4.51. The van der Waals surface area contributed by atoms with Gasteiger partial charge in [0, 0.05) is 18.3 Å². The van der Waals surface area contributed by atoms with Gasteiger partial charge in [-0.1, -0.05) is 0 Å². The molecule has 0 aliphatic carbocycles. The number of hydrogen-bond donors (Lipinski definition) is 1. The van der Waals surface area contributed by atoms with Crippen molar-refractivity contribution >= 4 is 28.3 Å². The molecule has 1 aliphatic heterocycles. The van der Waals surface area contributed by atoms with Crippen LogP contribution in [-0.2, 0) is 9.59 Å². The number of hydrogen-bond acceptors (Lipinski definition) is 5. The minimum absolute atomic E-state index is 0.0327. The quantitative estimate of drug-likeness (QED) is 0.926. The lowest BCUT2D eigenvalue weighted by molar-refractivity contribution is -0.141. The van der Waals surface area contributed by atoms with Gasteiger partial charge < -0.3 is 9.52 Å². The van der Waals surface area contributed by atoms with E-state index in [9.17, 15) is 9.59 Å². The molecule has 0 radical (unpaired) electrons. The Morgan fingerprint density at radius 1 is 1.58 bits per heavy atom. The molecule has 19 heavy (non-hydrogen) atoms. The second-order valence-corrected chi connectivity index (χ2v) is 5.07. The Hall–Kier alpha value is -2.15. The van der Waals surface area contributed by atoms with Gasteiger partial charge in [0.05, 0.1) is 12.2 Å². The first kappa shape index (κ1) is 11.9. The van der Waals surface area contributed by atoms with E-state index in [1.807, 2.05) is 0 Å². The molecule has 98 valence electrons. The van der Waals surface area contributed by atoms with E-state index in [0.29, 0.717) is 16.6 Å². The third-order valence-electron chi connectivity index (χ3n) is 2.97. The summed E-state index contributed by atoms with van der Waals surface area (Å²) in [4.78, 5) is 28.4. The van der Waals surface area contributed by atoms with Crippen molar-refractivity contribution < 1.29 is 19.1 Å². The van der Waals surface area contributed by atoms with Crippen LogP contribution in [0.2, 0.25) is 0 Å². The molecule has 0 aromatic carbocycles. The zero-order valence-electron chi connectivity index (χ0n) is 9.78. The minimum Gasteiger partial charge on any atom is -0.481 e. The Morgan fingerprint density at radius 3 is 3.05 bits per heavy atom. The normalized spacial score (nSPS) is 19.1. The van der Waals surface area contributed by atoms with Crippen molar-refractivity contribution in [3.63, 3.8) is 0 Å². The Balaban J connectivity index is 1.84. The van der Waals surface area contributed by atoms with Crippen LogP contribution in [0.3, 0.4) is 0 Å². The first-order chi connectivity index (χ1) is 9.15. The molecule has 1 aliphatic rings. The Morgan fingerprint density at radius 2 is 2.42 bits per heavy atom. The van der Waals surface area contributed by atoms with E-state index >= 15 is 0 Å². The molecular weight excluding hydrogens is 268 g/mol. The number of aromatic nitrogens is 1. The highest BCUT2D eigenvalue weighted by Gasteiger charge is 2.36. The summed E-state index contributed by atoms with van der Waals surface area (Å²) in [6.45, 7) is 0.180. The van der Waals surface area contributed by atoms with Gasteiger partial charge in [0.1, 0.15) is 5.69 Å². The highest BCUT2D eigenvalue weighted by atomic mass is 32.1. The molecule has 0 bridgehead atoms. The van der Waals surface area contributed by atoms with Gasteiger partial charge in [-0.05, 0) is 12.1 Å². The molecule has 1 saturated heterocycles. The van der Waals surface area contributed by atoms with Crippen LogP contribution in [0.1, 0.15) is 6.42 Å². The maximum atomic E-state index is 11.8. The molecule has 0 saturated carbocycles. The van der Waals surface area contributed by atoms with Crippen molar-refractivity contribution in [2.24, 2.45) is 5.92 Å². The molecule has 6 nitrogen and oxygen atoms in total. The Labute approximate surface area is 112 Å². The monoisotopic (exact) mass is 278 g/mol. The molecular formula is C12H10N2O4S. The van der Waals surface area contributed by atoms with E-state index in [-0.39, 0.29) is 18.9 Å². The van der Waals surface area contributed by atoms with Crippen LogP contribution in [0, 0.1) is 5.92 Å². The van der Waals surface area contributed by atoms with Crippen LogP contribution >= 0.6 is 11.3 Å². The number of amides is 1. The van der Waals surface area contributed by atoms with Gasteiger partial charge in [-0.25, -0.2) is 4.98 Å². The van der Waals surface area contributed by atoms with Gasteiger partial charge in [0.2, 0.25) is 5.91 Å². The zero-order valence-corrected chi connectivity index (χ0v) is 10.6. The lowest BCUT2D eigenvalue weighted by Crippen LogP contribution is -2.25. The molecule has 3 heterocycles. The number of thiazole rings is 1. The first-order valence-corrected chi connectivity index (χ1v) is 6.55. The van der Waals surface area contributed by atoms with Crippen LogP contribution in [0.5, 0.6) is 0 Å². The van der Waals surface area contributed by atoms with Crippen molar-refractivity contribution in [3.8, 4) is 11.5 Å². The van der Waals surface area contributed by atoms with Crippen molar-refractivity contribution in [2.45, 2.75) is 6.42 Å². The lowest BCUT2D eigenvalue weighted by atomic mass is 10.1. The summed E-state index contributed by atoms with van der Waals surface area (Å²) in [5.74, 6) is -1.17. The van der Waals surface area contributed by atoms with Gasteiger partial charge in [0.15, 0.2) is 10.9 Å². The number of furan rings is 1. The predicted molar refractivity (Wildman–Crippen MR) is 67.9 cm³/mol. The van der Waals surface area contributed by atoms with Crippen LogP contribution < -0.4 is 4.90 Å². The summed E-state index contributed by atoms with van der Waals surface area (Å²) >= 11 is 1.30. The molecule has 2 aromatic rings. The number of carbonyl (C=O) groups excluding carboxylic acids is 1. The van der Waals surface area contributed by atoms with Gasteiger partial charge in [-0.15, -0.1) is 11.3 Å². The Bertz CT molecular complexity index is 619. The zero-order chi connectivity index (χ0) is 13.4. The van der Waals surface area contributed by atoms with Crippen molar-refractivity contribution in [1.29, 1.82) is 0 Å². The molecule has 1 atom stereocenters. The number of carboxylic acids is 1. The fraction of sp³-hybridized carbons (Fsp3) is 0.250. The summed E-state index contributed by atoms with van der Waals surface area (Å²) in [6.07, 6.45) is 1.58. The third kappa shape index (κ3) is 2.12. The molecule has 2 aromatic heterocycles. The van der Waals surface area contributed by atoms with Crippen LogP contribution in [0.4, 0.5) is 5.13 Å². The number of carbonyl (C=O) groups is 2. The van der Waals surface area contributed by atoms with Crippen molar-refractivity contribution in [3.05, 3.63) is 23.8 Å². The van der Waals surface area contributed by atoms with Crippen LogP contribution in [-0.4, -0.2) is 28.5 Å². The molecule has 0 spiro atoms. The number of aliphatic carboxylic acids is 1. The van der Waals surface area contributed by atoms with E-state index in [1.54, 1.807) is 23.8 Å². The highest BCUT2D eigenvalue weighted by Crippen LogP contribution is 2.31. The summed E-state index contributed by atoms with van der Waals surface area (Å²) in [5.41, 5.74) is 0.650. The SMILES string of the molecule is O=C(O)C1CC(=O)N(c2nc(-c3ccco3)cs2)C1. The Kier molecular flexibility index (Phi) is 2.83. The number of anilines is 1. The summed E-state index contributed by atoms with van der Waals surface area (Å²) in [5, 5.41) is 11.2. The molecule has 1 unspecified atom stereocenters. The third-order valence-corrected chi connectivity index (χ3v) is 3.83. The van der Waals surface area contributed by atoms with Gasteiger partial charge in [-0.3, -0.25) is 14.5 Å². The van der Waals surface area contributed by atoms with Crippen LogP contribution in [0.25, 0.3) is 11.5 Å². The van der Waals surface area contributed by atoms with Gasteiger partial charge in [0.25, 0.3) is 0 Å². The van der Waals surface area contributed by atoms with E-state index < -0.39 is 11.9 Å². The van der Waals surface area contributed by atoms with E-state index in [2.05, 4.69) is 4.98 Å². The first-order valence-electron chi connectivity index (χ1n) is 5.67. The van der Waals surface area contributed by atoms with E-state index in [0.717, 1.165) is 0 Å². The van der Waals surface area contributed by atoms with E-state index in [1.165, 1.54) is 16.2 Å². The minimum atomic E-state index is -0.946.